The highest BCUT2D eigenvalue weighted by Crippen LogP contribution is 2.28. The fourth-order valence-corrected chi connectivity index (χ4v) is 2.99. The lowest BCUT2D eigenvalue weighted by Gasteiger charge is -2.12. The summed E-state index contributed by atoms with van der Waals surface area (Å²) in [6, 6.07) is 6.45. The van der Waals surface area contributed by atoms with Gasteiger partial charge in [0.05, 0.1) is 23.4 Å². The molecule has 2 aromatic rings. The van der Waals surface area contributed by atoms with E-state index in [9.17, 15) is 22.0 Å². The summed E-state index contributed by atoms with van der Waals surface area (Å²) in [4.78, 5) is 11.0. The fourth-order valence-electron chi connectivity index (χ4n) is 1.92. The zero-order chi connectivity index (χ0) is 17.9. The number of nitrogens with one attached hydrogen (secondary N) is 2. The zero-order valence-electron chi connectivity index (χ0n) is 12.8. The SMILES string of the molecule is COc1ccc(S(=O)(=O)Nc2ccc(F)c(F)c2)cc1NC(C)=O. The van der Waals surface area contributed by atoms with E-state index >= 15 is 0 Å². The molecule has 0 heterocycles. The van der Waals surface area contributed by atoms with Crippen LogP contribution in [-0.4, -0.2) is 21.4 Å². The Morgan fingerprint density at radius 3 is 2.38 bits per heavy atom. The Kier molecular flexibility index (Phi) is 5.03. The maximum absolute atomic E-state index is 13.2. The van der Waals surface area contributed by atoms with Crippen LogP contribution in [-0.2, 0) is 14.8 Å². The molecule has 128 valence electrons. The lowest BCUT2D eigenvalue weighted by molar-refractivity contribution is -0.114. The Morgan fingerprint density at radius 2 is 1.79 bits per heavy atom. The van der Waals surface area contributed by atoms with Crippen molar-refractivity contribution in [2.24, 2.45) is 0 Å². The van der Waals surface area contributed by atoms with Crippen molar-refractivity contribution in [3.8, 4) is 5.75 Å². The van der Waals surface area contributed by atoms with Crippen molar-refractivity contribution in [3.63, 3.8) is 0 Å². The molecular formula is C15H14F2N2O4S. The Labute approximate surface area is 137 Å². The molecule has 0 radical (unpaired) electrons. The van der Waals surface area contributed by atoms with Gasteiger partial charge in [-0.2, -0.15) is 0 Å². The van der Waals surface area contributed by atoms with Gasteiger partial charge in [0.15, 0.2) is 11.6 Å². The van der Waals surface area contributed by atoms with E-state index in [0.29, 0.717) is 0 Å². The van der Waals surface area contributed by atoms with Gasteiger partial charge in [0.1, 0.15) is 5.75 Å². The summed E-state index contributed by atoms with van der Waals surface area (Å²) in [5, 5.41) is 2.45. The molecular weight excluding hydrogens is 342 g/mol. The Morgan fingerprint density at radius 1 is 1.08 bits per heavy atom. The molecule has 0 aliphatic heterocycles. The van der Waals surface area contributed by atoms with E-state index in [1.165, 1.54) is 32.2 Å². The molecule has 0 saturated carbocycles. The number of carbonyl (C=O) groups is 1. The van der Waals surface area contributed by atoms with Gasteiger partial charge in [0.25, 0.3) is 10.0 Å². The zero-order valence-corrected chi connectivity index (χ0v) is 13.6. The van der Waals surface area contributed by atoms with Crippen LogP contribution in [0, 0.1) is 11.6 Å². The second kappa shape index (κ2) is 6.83. The number of benzene rings is 2. The average molecular weight is 356 g/mol. The third-order valence-electron chi connectivity index (χ3n) is 2.96. The molecule has 2 rings (SSSR count). The summed E-state index contributed by atoms with van der Waals surface area (Å²) in [6.07, 6.45) is 0. The number of amides is 1. The molecule has 24 heavy (non-hydrogen) atoms. The van der Waals surface area contributed by atoms with E-state index in [0.717, 1.165) is 18.2 Å². The first-order chi connectivity index (χ1) is 11.2. The highest BCUT2D eigenvalue weighted by Gasteiger charge is 2.18. The van der Waals surface area contributed by atoms with Crippen molar-refractivity contribution in [1.29, 1.82) is 0 Å². The summed E-state index contributed by atoms with van der Waals surface area (Å²) >= 11 is 0. The number of hydrogen-bond donors (Lipinski definition) is 2. The predicted molar refractivity (Wildman–Crippen MR) is 84.5 cm³/mol. The minimum absolute atomic E-state index is 0.134. The number of rotatable bonds is 5. The Balaban J connectivity index is 2.37. The summed E-state index contributed by atoms with van der Waals surface area (Å²) in [5.41, 5.74) is 0.0314. The topological polar surface area (TPSA) is 84.5 Å². The second-order valence-corrected chi connectivity index (χ2v) is 6.46. The Bertz CT molecular complexity index is 885. The van der Waals surface area contributed by atoms with Gasteiger partial charge in [-0.05, 0) is 30.3 Å². The average Bonchev–Trinajstić information content (AvgIpc) is 2.50. The van der Waals surface area contributed by atoms with E-state index in [2.05, 4.69) is 10.0 Å². The lowest BCUT2D eigenvalue weighted by atomic mass is 10.3. The maximum Gasteiger partial charge on any atom is 0.261 e. The third kappa shape index (κ3) is 3.99. The van der Waals surface area contributed by atoms with Crippen LogP contribution in [0.5, 0.6) is 5.75 Å². The van der Waals surface area contributed by atoms with Gasteiger partial charge >= 0.3 is 0 Å². The number of ether oxygens (including phenoxy) is 1. The molecule has 0 aromatic heterocycles. The van der Waals surface area contributed by atoms with Crippen LogP contribution in [0.4, 0.5) is 20.2 Å². The van der Waals surface area contributed by atoms with Gasteiger partial charge in [-0.1, -0.05) is 0 Å². The van der Waals surface area contributed by atoms with Crippen LogP contribution in [0.25, 0.3) is 0 Å². The maximum atomic E-state index is 13.2. The van der Waals surface area contributed by atoms with Crippen LogP contribution < -0.4 is 14.8 Å². The number of hydrogen-bond acceptors (Lipinski definition) is 4. The van der Waals surface area contributed by atoms with Crippen molar-refractivity contribution < 1.29 is 26.7 Å². The minimum atomic E-state index is -4.07. The highest BCUT2D eigenvalue weighted by molar-refractivity contribution is 7.92. The van der Waals surface area contributed by atoms with Crippen molar-refractivity contribution >= 4 is 27.3 Å². The van der Waals surface area contributed by atoms with Gasteiger partial charge in [-0.15, -0.1) is 0 Å². The quantitative estimate of drug-likeness (QED) is 0.863. The molecule has 0 saturated heterocycles. The van der Waals surface area contributed by atoms with Crippen molar-refractivity contribution in [2.75, 3.05) is 17.1 Å². The largest absolute Gasteiger partial charge is 0.495 e. The molecule has 9 heteroatoms. The molecule has 1 amide bonds. The lowest BCUT2D eigenvalue weighted by Crippen LogP contribution is -2.14. The van der Waals surface area contributed by atoms with E-state index in [1.807, 2.05) is 0 Å². The Hall–Kier alpha value is -2.68. The van der Waals surface area contributed by atoms with Crippen LogP contribution in [0.3, 0.4) is 0 Å². The molecule has 0 aliphatic carbocycles. The number of halogens is 2. The van der Waals surface area contributed by atoms with Crippen molar-refractivity contribution in [3.05, 3.63) is 48.0 Å². The molecule has 0 atom stereocenters. The van der Waals surface area contributed by atoms with Crippen LogP contribution >= 0.6 is 0 Å². The first-order valence-corrected chi connectivity index (χ1v) is 8.15. The molecule has 0 fully saturated rings. The van der Waals surface area contributed by atoms with Crippen LogP contribution in [0.15, 0.2) is 41.3 Å². The first kappa shape index (κ1) is 17.7. The molecule has 6 nitrogen and oxygen atoms in total. The van der Waals surface area contributed by atoms with Crippen molar-refractivity contribution in [2.45, 2.75) is 11.8 Å². The third-order valence-corrected chi connectivity index (χ3v) is 4.34. The number of sulfonamides is 1. The van der Waals surface area contributed by atoms with Gasteiger partial charge in [-0.3, -0.25) is 9.52 Å². The monoisotopic (exact) mass is 356 g/mol. The summed E-state index contributed by atoms with van der Waals surface area (Å²) in [5.74, 6) is -2.40. The van der Waals surface area contributed by atoms with Gasteiger partial charge in [0, 0.05) is 13.0 Å². The summed E-state index contributed by atoms with van der Waals surface area (Å²) in [6.45, 7) is 1.26. The normalized spacial score (nSPS) is 11.0. The second-order valence-electron chi connectivity index (χ2n) is 4.78. The van der Waals surface area contributed by atoms with Crippen LogP contribution in [0.2, 0.25) is 0 Å². The van der Waals surface area contributed by atoms with E-state index < -0.39 is 27.6 Å². The number of methoxy groups -OCH3 is 1. The minimum Gasteiger partial charge on any atom is -0.495 e. The molecule has 0 aliphatic rings. The number of carbonyl (C=O) groups excluding carboxylic acids is 1. The highest BCUT2D eigenvalue weighted by atomic mass is 32.2. The summed E-state index contributed by atoms with van der Waals surface area (Å²) in [7, 11) is -2.70. The number of anilines is 2. The molecule has 2 aromatic carbocycles. The molecule has 0 spiro atoms. The van der Waals surface area contributed by atoms with Gasteiger partial charge < -0.3 is 10.1 Å². The molecule has 0 unspecified atom stereocenters. The predicted octanol–water partition coefficient (Wildman–Crippen LogP) is 2.73. The summed E-state index contributed by atoms with van der Waals surface area (Å²) < 4.78 is 58.0. The van der Waals surface area contributed by atoms with E-state index in [-0.39, 0.29) is 22.0 Å². The van der Waals surface area contributed by atoms with E-state index in [4.69, 9.17) is 4.74 Å². The van der Waals surface area contributed by atoms with Crippen molar-refractivity contribution in [1.82, 2.24) is 0 Å². The molecule has 2 N–H and O–H groups in total. The first-order valence-electron chi connectivity index (χ1n) is 6.66. The van der Waals surface area contributed by atoms with Gasteiger partial charge in [-0.25, -0.2) is 17.2 Å². The standard InChI is InChI=1S/C15H14F2N2O4S/c1-9(20)18-14-8-11(4-6-15(14)23-2)24(21,22)19-10-3-5-12(16)13(17)7-10/h3-8,19H,1-2H3,(H,18,20). The van der Waals surface area contributed by atoms with Crippen LogP contribution in [0.1, 0.15) is 6.92 Å². The fraction of sp³-hybridized carbons (Fsp3) is 0.133. The molecule has 0 bridgehead atoms. The van der Waals surface area contributed by atoms with Gasteiger partial charge in [0.2, 0.25) is 5.91 Å². The van der Waals surface area contributed by atoms with E-state index in [1.54, 1.807) is 0 Å². The smallest absolute Gasteiger partial charge is 0.261 e.